The number of aliphatic hydroxyl groups is 1. The van der Waals surface area contributed by atoms with E-state index in [0.717, 1.165) is 5.56 Å². The standard InChI is InChI=1S/C24H31N3O5/c1-3-21(29)27-12-11-25(23(31)24(27)9-10-24)20(13-17-7-5-4-6-8-17)22(30)26-15-19(32-2)14-18(26)16-28/h3-8,18-20,28H,1,9-16H2,2H3/t18-,19+,20-/m0/s1. The van der Waals surface area contributed by atoms with Gasteiger partial charge in [-0.3, -0.25) is 14.4 Å². The Balaban J connectivity index is 1.63. The first kappa shape index (κ1) is 22.5. The molecule has 32 heavy (non-hydrogen) atoms. The van der Waals surface area contributed by atoms with Crippen molar-refractivity contribution >= 4 is 17.7 Å². The van der Waals surface area contributed by atoms with Gasteiger partial charge in [-0.15, -0.1) is 0 Å². The predicted octanol–water partition coefficient (Wildman–Crippen LogP) is 0.595. The predicted molar refractivity (Wildman–Crippen MR) is 118 cm³/mol. The van der Waals surface area contributed by atoms with Crippen LogP contribution < -0.4 is 0 Å². The third-order valence-electron chi connectivity index (χ3n) is 7.04. The summed E-state index contributed by atoms with van der Waals surface area (Å²) in [4.78, 5) is 44.7. The number of nitrogens with zero attached hydrogens (tertiary/aromatic N) is 3. The number of aliphatic hydroxyl groups excluding tert-OH is 1. The minimum absolute atomic E-state index is 0.138. The van der Waals surface area contributed by atoms with E-state index in [-0.39, 0.29) is 43.0 Å². The molecule has 1 N–H and O–H groups in total. The number of carbonyl (C=O) groups excluding carboxylic acids is 3. The van der Waals surface area contributed by atoms with Crippen LogP contribution in [0.3, 0.4) is 0 Å². The van der Waals surface area contributed by atoms with Crippen LogP contribution in [0.4, 0.5) is 0 Å². The van der Waals surface area contributed by atoms with Crippen molar-refractivity contribution < 1.29 is 24.2 Å². The summed E-state index contributed by atoms with van der Waals surface area (Å²) < 4.78 is 5.45. The Morgan fingerprint density at radius 1 is 1.28 bits per heavy atom. The zero-order valence-corrected chi connectivity index (χ0v) is 18.5. The molecule has 3 atom stereocenters. The van der Waals surface area contributed by atoms with E-state index < -0.39 is 11.6 Å². The summed E-state index contributed by atoms with van der Waals surface area (Å²) in [6, 6.07) is 8.59. The molecular weight excluding hydrogens is 410 g/mol. The van der Waals surface area contributed by atoms with Crippen molar-refractivity contribution in [3.8, 4) is 0 Å². The van der Waals surface area contributed by atoms with E-state index in [2.05, 4.69) is 6.58 Å². The molecule has 0 unspecified atom stereocenters. The number of piperazine rings is 1. The van der Waals surface area contributed by atoms with E-state index in [1.807, 2.05) is 30.3 Å². The van der Waals surface area contributed by atoms with E-state index in [1.54, 1.807) is 21.8 Å². The molecule has 1 aromatic rings. The molecule has 4 rings (SSSR count). The minimum atomic E-state index is -0.852. The third kappa shape index (κ3) is 3.93. The van der Waals surface area contributed by atoms with Crippen LogP contribution in [0.1, 0.15) is 24.8 Å². The summed E-state index contributed by atoms with van der Waals surface area (Å²) in [6.45, 7) is 4.47. The van der Waals surface area contributed by atoms with E-state index >= 15 is 0 Å². The maximum Gasteiger partial charge on any atom is 0.249 e. The van der Waals surface area contributed by atoms with Gasteiger partial charge < -0.3 is 24.5 Å². The monoisotopic (exact) mass is 441 g/mol. The number of amides is 3. The van der Waals surface area contributed by atoms with Gasteiger partial charge in [0.2, 0.25) is 17.7 Å². The molecule has 0 aromatic heterocycles. The number of benzene rings is 1. The van der Waals surface area contributed by atoms with Crippen molar-refractivity contribution in [3.05, 3.63) is 48.6 Å². The van der Waals surface area contributed by atoms with Crippen molar-refractivity contribution in [3.63, 3.8) is 0 Å². The molecule has 8 nitrogen and oxygen atoms in total. The highest BCUT2D eigenvalue weighted by Gasteiger charge is 2.61. The minimum Gasteiger partial charge on any atom is -0.394 e. The molecule has 2 heterocycles. The average molecular weight is 442 g/mol. The largest absolute Gasteiger partial charge is 0.394 e. The van der Waals surface area contributed by atoms with Crippen LogP contribution in [0.25, 0.3) is 0 Å². The van der Waals surface area contributed by atoms with Crippen LogP contribution >= 0.6 is 0 Å². The second kappa shape index (κ2) is 9.03. The van der Waals surface area contributed by atoms with E-state index in [4.69, 9.17) is 4.74 Å². The van der Waals surface area contributed by atoms with E-state index in [9.17, 15) is 19.5 Å². The van der Waals surface area contributed by atoms with Gasteiger partial charge in [-0.1, -0.05) is 36.9 Å². The fourth-order valence-corrected chi connectivity index (χ4v) is 5.08. The van der Waals surface area contributed by atoms with Crippen molar-refractivity contribution in [2.45, 2.75) is 49.4 Å². The Bertz CT molecular complexity index is 885. The zero-order chi connectivity index (χ0) is 22.9. The molecule has 8 heteroatoms. The molecule has 0 bridgehead atoms. The van der Waals surface area contributed by atoms with Crippen molar-refractivity contribution in [1.29, 1.82) is 0 Å². The lowest BCUT2D eigenvalue weighted by Crippen LogP contribution is -2.65. The number of ether oxygens (including phenoxy) is 1. The van der Waals surface area contributed by atoms with Crippen molar-refractivity contribution in [2.75, 3.05) is 33.4 Å². The van der Waals surface area contributed by atoms with Gasteiger partial charge in [0, 0.05) is 33.2 Å². The van der Waals surface area contributed by atoms with Crippen LogP contribution in [-0.2, 0) is 25.5 Å². The van der Waals surface area contributed by atoms with Crippen LogP contribution in [0.15, 0.2) is 43.0 Å². The summed E-state index contributed by atoms with van der Waals surface area (Å²) in [5.74, 6) is -0.597. The van der Waals surface area contributed by atoms with E-state index in [1.165, 1.54) is 6.08 Å². The van der Waals surface area contributed by atoms with Gasteiger partial charge in [-0.25, -0.2) is 0 Å². The average Bonchev–Trinajstić information content (AvgIpc) is 3.49. The van der Waals surface area contributed by atoms with Gasteiger partial charge in [-0.05, 0) is 30.9 Å². The molecular formula is C24H31N3O5. The SMILES string of the molecule is C=CC(=O)N1CCN([C@@H](Cc2ccccc2)C(=O)N2C[C@H](OC)C[C@H]2CO)C(=O)C12CC2. The van der Waals surface area contributed by atoms with Crippen LogP contribution in [0.5, 0.6) is 0 Å². The number of likely N-dealkylation sites (tertiary alicyclic amines) is 1. The summed E-state index contributed by atoms with van der Waals surface area (Å²) in [6.07, 6.45) is 3.25. The lowest BCUT2D eigenvalue weighted by molar-refractivity contribution is -0.158. The topological polar surface area (TPSA) is 90.4 Å². The maximum atomic E-state index is 13.8. The normalized spacial score (nSPS) is 25.2. The maximum absolute atomic E-state index is 13.8. The summed E-state index contributed by atoms with van der Waals surface area (Å²) in [5.41, 5.74) is 0.103. The van der Waals surface area contributed by atoms with Gasteiger partial charge in [0.15, 0.2) is 0 Å². The van der Waals surface area contributed by atoms with Gasteiger partial charge in [-0.2, -0.15) is 0 Å². The first-order chi connectivity index (χ1) is 15.4. The van der Waals surface area contributed by atoms with Gasteiger partial charge in [0.1, 0.15) is 11.6 Å². The number of hydrogen-bond donors (Lipinski definition) is 1. The van der Waals surface area contributed by atoms with Gasteiger partial charge in [0.05, 0.1) is 18.8 Å². The third-order valence-corrected chi connectivity index (χ3v) is 7.04. The van der Waals surface area contributed by atoms with Gasteiger partial charge in [0.25, 0.3) is 0 Å². The number of methoxy groups -OCH3 is 1. The molecule has 172 valence electrons. The zero-order valence-electron chi connectivity index (χ0n) is 18.5. The molecule has 3 fully saturated rings. The molecule has 3 aliphatic rings. The fraction of sp³-hybridized carbons (Fsp3) is 0.542. The highest BCUT2D eigenvalue weighted by atomic mass is 16.5. The molecule has 1 aromatic carbocycles. The summed E-state index contributed by atoms with van der Waals surface area (Å²) in [7, 11) is 1.60. The van der Waals surface area contributed by atoms with Crippen LogP contribution in [0, 0.1) is 0 Å². The Morgan fingerprint density at radius 3 is 2.59 bits per heavy atom. The number of hydrogen-bond acceptors (Lipinski definition) is 5. The smallest absolute Gasteiger partial charge is 0.249 e. The number of carbonyl (C=O) groups is 3. The number of rotatable bonds is 7. The highest BCUT2D eigenvalue weighted by Crippen LogP contribution is 2.46. The second-order valence-corrected chi connectivity index (χ2v) is 8.85. The first-order valence-electron chi connectivity index (χ1n) is 11.2. The molecule has 1 aliphatic carbocycles. The van der Waals surface area contributed by atoms with Crippen molar-refractivity contribution in [1.82, 2.24) is 14.7 Å². The Labute approximate surface area is 188 Å². The molecule has 0 radical (unpaired) electrons. The fourth-order valence-electron chi connectivity index (χ4n) is 5.08. The first-order valence-corrected chi connectivity index (χ1v) is 11.2. The Kier molecular flexibility index (Phi) is 6.35. The summed E-state index contributed by atoms with van der Waals surface area (Å²) in [5, 5.41) is 9.86. The van der Waals surface area contributed by atoms with Crippen molar-refractivity contribution in [2.24, 2.45) is 0 Å². The Morgan fingerprint density at radius 2 is 2.00 bits per heavy atom. The second-order valence-electron chi connectivity index (χ2n) is 8.85. The Hall–Kier alpha value is -2.71. The van der Waals surface area contributed by atoms with E-state index in [0.29, 0.717) is 38.8 Å². The quantitative estimate of drug-likeness (QED) is 0.626. The lowest BCUT2D eigenvalue weighted by atomic mass is 9.99. The highest BCUT2D eigenvalue weighted by molar-refractivity contribution is 6.00. The molecule has 1 spiro atoms. The molecule has 2 aliphatic heterocycles. The lowest BCUT2D eigenvalue weighted by Gasteiger charge is -2.44. The van der Waals surface area contributed by atoms with Crippen LogP contribution in [-0.4, -0.2) is 94.6 Å². The summed E-state index contributed by atoms with van der Waals surface area (Å²) >= 11 is 0. The molecule has 1 saturated carbocycles. The van der Waals surface area contributed by atoms with Gasteiger partial charge >= 0.3 is 0 Å². The molecule has 3 amide bonds. The molecule has 2 saturated heterocycles. The van der Waals surface area contributed by atoms with Crippen LogP contribution in [0.2, 0.25) is 0 Å².